The number of aliphatic hydroxyl groups excluding tert-OH is 1. The second-order valence-corrected chi connectivity index (χ2v) is 7.53. The molecule has 0 bridgehead atoms. The number of alkyl halides is 3. The van der Waals surface area contributed by atoms with Crippen LogP contribution in [0.4, 0.5) is 19.0 Å². The van der Waals surface area contributed by atoms with Gasteiger partial charge >= 0.3 is 6.18 Å². The largest absolute Gasteiger partial charge is 0.405 e. The Labute approximate surface area is 182 Å². The van der Waals surface area contributed by atoms with Crippen LogP contribution in [0.5, 0.6) is 0 Å². The number of nitrogens with one attached hydrogen (secondary N) is 2. The van der Waals surface area contributed by atoms with Crippen molar-refractivity contribution in [3.05, 3.63) is 52.5 Å². The van der Waals surface area contributed by atoms with E-state index in [9.17, 15) is 22.8 Å². The van der Waals surface area contributed by atoms with Crippen LogP contribution in [-0.4, -0.2) is 57.7 Å². The predicted octanol–water partition coefficient (Wildman–Crippen LogP) is 2.59. The zero-order valence-electron chi connectivity index (χ0n) is 17.7. The number of nitrogens with zero attached hydrogens (tertiary/aromatic N) is 3. The molecule has 0 fully saturated rings. The van der Waals surface area contributed by atoms with Crippen molar-refractivity contribution in [3.8, 4) is 0 Å². The van der Waals surface area contributed by atoms with Gasteiger partial charge in [-0.1, -0.05) is 0 Å². The van der Waals surface area contributed by atoms with Crippen molar-refractivity contribution < 1.29 is 27.9 Å². The minimum absolute atomic E-state index is 0.0532. The number of aryl methyl sites for hydroxylation is 1. The molecule has 172 valence electrons. The number of pyridine rings is 2. The normalized spacial score (nSPS) is 14.3. The van der Waals surface area contributed by atoms with Gasteiger partial charge in [0.05, 0.1) is 6.04 Å². The molecule has 3 N–H and O–H groups in total. The van der Waals surface area contributed by atoms with Crippen molar-refractivity contribution in [1.82, 2.24) is 20.2 Å². The summed E-state index contributed by atoms with van der Waals surface area (Å²) in [6, 6.07) is 2.82. The molecule has 1 aliphatic heterocycles. The van der Waals surface area contributed by atoms with E-state index < -0.39 is 24.7 Å². The molecule has 0 saturated carbocycles. The lowest BCUT2D eigenvalue weighted by molar-refractivity contribution is -0.115. The summed E-state index contributed by atoms with van der Waals surface area (Å²) in [6.45, 7) is 2.64. The first kappa shape index (κ1) is 23.5. The third-order valence-electron chi connectivity index (χ3n) is 5.22. The summed E-state index contributed by atoms with van der Waals surface area (Å²) in [6.07, 6.45) is -1.11. The van der Waals surface area contributed by atoms with Crippen LogP contribution < -0.4 is 10.6 Å². The SMILES string of the molecule is Cc1cc(C(C)N2Cc3c(ccnc3C(=O)NCCCO)C2=O)cnc1NCC(F)(F)F. The molecular formula is C21H24F3N5O3. The smallest absolute Gasteiger partial charge is 0.396 e. The van der Waals surface area contributed by atoms with Crippen molar-refractivity contribution >= 4 is 17.6 Å². The molecule has 32 heavy (non-hydrogen) atoms. The van der Waals surface area contributed by atoms with Crippen molar-refractivity contribution in [1.29, 1.82) is 0 Å². The van der Waals surface area contributed by atoms with Gasteiger partial charge in [-0.15, -0.1) is 0 Å². The quantitative estimate of drug-likeness (QED) is 0.533. The number of carbonyl (C=O) groups is 2. The second kappa shape index (κ2) is 9.51. The standard InChI is InChI=1S/C21H24F3N5O3/c1-12-8-14(9-27-18(12)28-11-21(22,23)24)13(2)29-10-16-15(20(29)32)4-6-25-17(16)19(31)26-5-3-7-30/h4,6,8-9,13,30H,3,5,7,10-11H2,1-2H3,(H,26,31)(H,27,28). The molecule has 0 aliphatic carbocycles. The Kier molecular flexibility index (Phi) is 6.97. The molecule has 3 rings (SSSR count). The number of amides is 2. The molecule has 0 radical (unpaired) electrons. The highest BCUT2D eigenvalue weighted by Crippen LogP contribution is 2.33. The maximum Gasteiger partial charge on any atom is 0.405 e. The summed E-state index contributed by atoms with van der Waals surface area (Å²) in [5, 5.41) is 13.8. The number of anilines is 1. The average Bonchev–Trinajstić information content (AvgIpc) is 3.08. The molecule has 8 nitrogen and oxygen atoms in total. The Hall–Kier alpha value is -3.21. The van der Waals surface area contributed by atoms with Crippen LogP contribution in [0.25, 0.3) is 0 Å². The van der Waals surface area contributed by atoms with E-state index in [1.807, 2.05) is 0 Å². The number of hydrogen-bond donors (Lipinski definition) is 3. The maximum absolute atomic E-state index is 13.0. The minimum Gasteiger partial charge on any atom is -0.396 e. The molecule has 2 aromatic rings. The van der Waals surface area contributed by atoms with E-state index in [1.165, 1.54) is 12.4 Å². The Bertz CT molecular complexity index is 1010. The van der Waals surface area contributed by atoms with Crippen molar-refractivity contribution in [2.24, 2.45) is 0 Å². The van der Waals surface area contributed by atoms with E-state index >= 15 is 0 Å². The topological polar surface area (TPSA) is 107 Å². The van der Waals surface area contributed by atoms with Gasteiger partial charge in [-0.05, 0) is 43.5 Å². The van der Waals surface area contributed by atoms with Crippen LogP contribution in [0.2, 0.25) is 0 Å². The number of fused-ring (bicyclic) bond motifs is 1. The highest BCUT2D eigenvalue weighted by Gasteiger charge is 2.35. The summed E-state index contributed by atoms with van der Waals surface area (Å²) >= 11 is 0. The maximum atomic E-state index is 13.0. The van der Waals surface area contributed by atoms with Crippen molar-refractivity contribution in [2.45, 2.75) is 39.0 Å². The molecule has 1 aliphatic rings. The van der Waals surface area contributed by atoms with Crippen LogP contribution in [0.1, 0.15) is 56.9 Å². The van der Waals surface area contributed by atoms with E-state index in [1.54, 1.807) is 30.9 Å². The number of aromatic nitrogens is 2. The van der Waals surface area contributed by atoms with Crippen LogP contribution in [0.3, 0.4) is 0 Å². The molecule has 3 heterocycles. The molecule has 11 heteroatoms. The average molecular weight is 451 g/mol. The first-order valence-electron chi connectivity index (χ1n) is 10.1. The molecule has 2 amide bonds. The number of halogens is 3. The van der Waals surface area contributed by atoms with Gasteiger partial charge in [0.15, 0.2) is 0 Å². The van der Waals surface area contributed by atoms with Crippen molar-refractivity contribution in [2.75, 3.05) is 25.0 Å². The van der Waals surface area contributed by atoms with E-state index in [0.29, 0.717) is 28.7 Å². The van der Waals surface area contributed by atoms with E-state index in [0.717, 1.165) is 0 Å². The van der Waals surface area contributed by atoms with E-state index in [4.69, 9.17) is 5.11 Å². The fourth-order valence-corrected chi connectivity index (χ4v) is 3.50. The lowest BCUT2D eigenvalue weighted by Gasteiger charge is -2.25. The third-order valence-corrected chi connectivity index (χ3v) is 5.22. The monoisotopic (exact) mass is 451 g/mol. The second-order valence-electron chi connectivity index (χ2n) is 7.53. The zero-order valence-corrected chi connectivity index (χ0v) is 17.7. The number of rotatable bonds is 8. The van der Waals surface area contributed by atoms with Gasteiger partial charge < -0.3 is 20.6 Å². The first-order valence-corrected chi connectivity index (χ1v) is 10.1. The Morgan fingerprint density at radius 1 is 1.34 bits per heavy atom. The van der Waals surface area contributed by atoms with Crippen molar-refractivity contribution in [3.63, 3.8) is 0 Å². The van der Waals surface area contributed by atoms with Gasteiger partial charge in [-0.25, -0.2) is 4.98 Å². The van der Waals surface area contributed by atoms with Crippen LogP contribution >= 0.6 is 0 Å². The van der Waals surface area contributed by atoms with E-state index in [2.05, 4.69) is 20.6 Å². The molecular weight excluding hydrogens is 427 g/mol. The molecule has 1 unspecified atom stereocenters. The number of aliphatic hydroxyl groups is 1. The van der Waals surface area contributed by atoms with Crippen LogP contribution in [-0.2, 0) is 6.54 Å². The minimum atomic E-state index is -4.36. The lowest BCUT2D eigenvalue weighted by atomic mass is 10.1. The summed E-state index contributed by atoms with van der Waals surface area (Å²) in [7, 11) is 0. The predicted molar refractivity (Wildman–Crippen MR) is 110 cm³/mol. The number of hydrogen-bond acceptors (Lipinski definition) is 6. The van der Waals surface area contributed by atoms with Gasteiger partial charge in [0.25, 0.3) is 11.8 Å². The summed E-state index contributed by atoms with van der Waals surface area (Å²) in [4.78, 5) is 35.2. The van der Waals surface area contributed by atoms with Gasteiger partial charge in [-0.2, -0.15) is 13.2 Å². The Balaban J connectivity index is 1.77. The molecule has 1 atom stereocenters. The highest BCUT2D eigenvalue weighted by molar-refractivity contribution is 6.03. The number of carbonyl (C=O) groups excluding carboxylic acids is 2. The van der Waals surface area contributed by atoms with Gasteiger partial charge in [0.1, 0.15) is 18.1 Å². The first-order chi connectivity index (χ1) is 15.1. The van der Waals surface area contributed by atoms with Gasteiger partial charge in [0.2, 0.25) is 0 Å². The molecule has 0 spiro atoms. The summed E-state index contributed by atoms with van der Waals surface area (Å²) in [5.74, 6) is -0.563. The molecule has 2 aromatic heterocycles. The summed E-state index contributed by atoms with van der Waals surface area (Å²) < 4.78 is 37.4. The Morgan fingerprint density at radius 3 is 2.75 bits per heavy atom. The molecule has 0 aromatic carbocycles. The summed E-state index contributed by atoms with van der Waals surface area (Å²) in [5.41, 5.74) is 2.23. The van der Waals surface area contributed by atoms with Gasteiger partial charge in [-0.3, -0.25) is 14.6 Å². The Morgan fingerprint density at radius 2 is 2.09 bits per heavy atom. The fourth-order valence-electron chi connectivity index (χ4n) is 3.50. The fraction of sp³-hybridized carbons (Fsp3) is 0.429. The van der Waals surface area contributed by atoms with Crippen LogP contribution in [0, 0.1) is 6.92 Å². The molecule has 0 saturated heterocycles. The van der Waals surface area contributed by atoms with E-state index in [-0.39, 0.29) is 37.1 Å². The third kappa shape index (κ3) is 5.16. The van der Waals surface area contributed by atoms with Gasteiger partial charge in [0, 0.05) is 43.2 Å². The van der Waals surface area contributed by atoms with Crippen LogP contribution in [0.15, 0.2) is 24.5 Å². The lowest BCUT2D eigenvalue weighted by Crippen LogP contribution is -2.28. The zero-order chi connectivity index (χ0) is 23.5. The highest BCUT2D eigenvalue weighted by atomic mass is 19.4.